The second-order valence-electron chi connectivity index (χ2n) is 7.14. The van der Waals surface area contributed by atoms with Crippen molar-refractivity contribution in [1.29, 1.82) is 0 Å². The summed E-state index contributed by atoms with van der Waals surface area (Å²) in [4.78, 5) is 28.2. The lowest BCUT2D eigenvalue weighted by atomic mass is 10.1. The second-order valence-corrected chi connectivity index (χ2v) is 7.14. The van der Waals surface area contributed by atoms with Crippen molar-refractivity contribution in [3.05, 3.63) is 100 Å². The quantitative estimate of drug-likeness (QED) is 0.498. The van der Waals surface area contributed by atoms with Crippen molar-refractivity contribution in [3.63, 3.8) is 0 Å². The lowest BCUT2D eigenvalue weighted by Gasteiger charge is -2.12. The van der Waals surface area contributed by atoms with Gasteiger partial charge in [-0.25, -0.2) is 0 Å². The molecule has 2 heterocycles. The first-order valence-corrected chi connectivity index (χ1v) is 9.82. The Hall–Kier alpha value is -3.80. The zero-order chi connectivity index (χ0) is 20.9. The van der Waals surface area contributed by atoms with E-state index in [9.17, 15) is 9.59 Å². The average Bonchev–Trinajstić information content (AvgIpc) is 3.18. The van der Waals surface area contributed by atoms with Gasteiger partial charge in [-0.2, -0.15) is 0 Å². The van der Waals surface area contributed by atoms with E-state index in [0.717, 1.165) is 22.0 Å². The molecule has 1 amide bonds. The monoisotopic (exact) mass is 401 g/mol. The predicted molar refractivity (Wildman–Crippen MR) is 117 cm³/mol. The van der Waals surface area contributed by atoms with Crippen LogP contribution < -0.4 is 15.5 Å². The van der Waals surface area contributed by atoms with Gasteiger partial charge in [0.15, 0.2) is 5.75 Å². The van der Waals surface area contributed by atoms with Crippen LogP contribution in [0.5, 0.6) is 5.75 Å². The standard InChI is InChI=1S/C24H23N3O3/c1-27-15-23(30-16-17-7-3-2-4-8-17)22(28)13-21(27)24(29)25-12-11-18-14-26-20-10-6-5-9-19(18)20/h2-10,13-15,26H,11-12,16H2,1H3,(H,25,29). The Labute approximate surface area is 174 Å². The molecule has 0 fully saturated rings. The van der Waals surface area contributed by atoms with Crippen molar-refractivity contribution in [2.24, 2.45) is 7.05 Å². The number of rotatable bonds is 7. The molecule has 6 nitrogen and oxygen atoms in total. The number of carbonyl (C=O) groups excluding carboxylic acids is 1. The zero-order valence-corrected chi connectivity index (χ0v) is 16.7. The van der Waals surface area contributed by atoms with Crippen LogP contribution in [0.4, 0.5) is 0 Å². The second kappa shape index (κ2) is 8.69. The van der Waals surface area contributed by atoms with E-state index >= 15 is 0 Å². The van der Waals surface area contributed by atoms with Crippen LogP contribution in [-0.4, -0.2) is 22.0 Å². The molecule has 0 radical (unpaired) electrons. The molecule has 0 atom stereocenters. The van der Waals surface area contributed by atoms with Crippen LogP contribution in [0, 0.1) is 0 Å². The van der Waals surface area contributed by atoms with Crippen LogP contribution in [0.1, 0.15) is 21.6 Å². The maximum Gasteiger partial charge on any atom is 0.268 e. The largest absolute Gasteiger partial charge is 0.483 e. The molecule has 4 rings (SSSR count). The highest BCUT2D eigenvalue weighted by Gasteiger charge is 2.13. The van der Waals surface area contributed by atoms with Gasteiger partial charge >= 0.3 is 0 Å². The molecule has 0 spiro atoms. The molecule has 2 N–H and O–H groups in total. The minimum Gasteiger partial charge on any atom is -0.483 e. The fraction of sp³-hybridized carbons (Fsp3) is 0.167. The number of carbonyl (C=O) groups is 1. The molecule has 4 aromatic rings. The first-order chi connectivity index (χ1) is 14.6. The molecular formula is C24H23N3O3. The van der Waals surface area contributed by atoms with E-state index in [4.69, 9.17) is 4.74 Å². The Bertz CT molecular complexity index is 1230. The summed E-state index contributed by atoms with van der Waals surface area (Å²) in [5.41, 5.74) is 3.17. The number of H-pyrrole nitrogens is 1. The van der Waals surface area contributed by atoms with E-state index in [-0.39, 0.29) is 17.1 Å². The van der Waals surface area contributed by atoms with Gasteiger partial charge in [0.1, 0.15) is 12.3 Å². The van der Waals surface area contributed by atoms with Gasteiger partial charge in [0.25, 0.3) is 5.91 Å². The Morgan fingerprint density at radius 3 is 2.70 bits per heavy atom. The highest BCUT2D eigenvalue weighted by molar-refractivity contribution is 5.92. The number of hydrogen-bond acceptors (Lipinski definition) is 3. The lowest BCUT2D eigenvalue weighted by molar-refractivity contribution is 0.0945. The van der Waals surface area contributed by atoms with Gasteiger partial charge in [-0.15, -0.1) is 0 Å². The van der Waals surface area contributed by atoms with Crippen molar-refractivity contribution >= 4 is 16.8 Å². The number of nitrogens with zero attached hydrogens (tertiary/aromatic N) is 1. The molecular weight excluding hydrogens is 378 g/mol. The summed E-state index contributed by atoms with van der Waals surface area (Å²) in [6.07, 6.45) is 4.22. The molecule has 152 valence electrons. The molecule has 2 aromatic carbocycles. The first-order valence-electron chi connectivity index (χ1n) is 9.82. The van der Waals surface area contributed by atoms with E-state index in [0.29, 0.717) is 25.3 Å². The third-order valence-electron chi connectivity index (χ3n) is 5.03. The molecule has 6 heteroatoms. The number of amides is 1. The molecule has 2 aromatic heterocycles. The predicted octanol–water partition coefficient (Wildman–Crippen LogP) is 3.42. The number of fused-ring (bicyclic) bond motifs is 1. The SMILES string of the molecule is Cn1cc(OCc2ccccc2)c(=O)cc1C(=O)NCCc1c[nH]c2ccccc12. The minimum absolute atomic E-state index is 0.219. The topological polar surface area (TPSA) is 76.1 Å². The van der Waals surface area contributed by atoms with Gasteiger partial charge in [0.2, 0.25) is 5.43 Å². The maximum atomic E-state index is 12.6. The molecule has 0 bridgehead atoms. The lowest BCUT2D eigenvalue weighted by Crippen LogP contribution is -2.29. The molecule has 0 unspecified atom stereocenters. The average molecular weight is 401 g/mol. The Balaban J connectivity index is 1.39. The van der Waals surface area contributed by atoms with Crippen molar-refractivity contribution in [1.82, 2.24) is 14.9 Å². The molecule has 0 aliphatic carbocycles. The highest BCUT2D eigenvalue weighted by atomic mass is 16.5. The third kappa shape index (κ3) is 4.27. The smallest absolute Gasteiger partial charge is 0.268 e. The van der Waals surface area contributed by atoms with Gasteiger partial charge in [-0.3, -0.25) is 9.59 Å². The number of benzene rings is 2. The van der Waals surface area contributed by atoms with Gasteiger partial charge in [0.05, 0.1) is 6.20 Å². The van der Waals surface area contributed by atoms with E-state index in [1.165, 1.54) is 6.07 Å². The van der Waals surface area contributed by atoms with Gasteiger partial charge in [-0.05, 0) is 23.6 Å². The number of aryl methyl sites for hydroxylation is 1. The third-order valence-corrected chi connectivity index (χ3v) is 5.03. The molecule has 0 aliphatic rings. The maximum absolute atomic E-state index is 12.6. The van der Waals surface area contributed by atoms with Gasteiger partial charge in [0, 0.05) is 36.8 Å². The van der Waals surface area contributed by atoms with Crippen molar-refractivity contribution in [2.45, 2.75) is 13.0 Å². The Kier molecular flexibility index (Phi) is 5.66. The zero-order valence-electron chi connectivity index (χ0n) is 16.7. The summed E-state index contributed by atoms with van der Waals surface area (Å²) >= 11 is 0. The molecule has 30 heavy (non-hydrogen) atoms. The van der Waals surface area contributed by atoms with E-state index < -0.39 is 0 Å². The Morgan fingerprint density at radius 1 is 1.10 bits per heavy atom. The summed E-state index contributed by atoms with van der Waals surface area (Å²) in [5.74, 6) is -0.0688. The fourth-order valence-corrected chi connectivity index (χ4v) is 3.42. The number of nitrogens with one attached hydrogen (secondary N) is 2. The van der Waals surface area contributed by atoms with Crippen LogP contribution in [0.25, 0.3) is 10.9 Å². The van der Waals surface area contributed by atoms with Gasteiger partial charge < -0.3 is 19.6 Å². The number of aromatic amines is 1. The molecule has 0 aliphatic heterocycles. The van der Waals surface area contributed by atoms with Gasteiger partial charge in [-0.1, -0.05) is 48.5 Å². The van der Waals surface area contributed by atoms with E-state index in [1.54, 1.807) is 17.8 Å². The number of pyridine rings is 1. The number of para-hydroxylation sites is 1. The normalized spacial score (nSPS) is 10.8. The molecule has 0 saturated carbocycles. The van der Waals surface area contributed by atoms with Crippen LogP contribution >= 0.6 is 0 Å². The summed E-state index contributed by atoms with van der Waals surface area (Å²) in [7, 11) is 1.73. The highest BCUT2D eigenvalue weighted by Crippen LogP contribution is 2.17. The number of ether oxygens (including phenoxy) is 1. The summed E-state index contributed by atoms with van der Waals surface area (Å²) in [6.45, 7) is 0.771. The van der Waals surface area contributed by atoms with Crippen LogP contribution in [0.2, 0.25) is 0 Å². The number of aromatic nitrogens is 2. The first kappa shape index (κ1) is 19.5. The summed E-state index contributed by atoms with van der Waals surface area (Å²) < 4.78 is 7.25. The van der Waals surface area contributed by atoms with Crippen LogP contribution in [-0.2, 0) is 20.1 Å². The van der Waals surface area contributed by atoms with Crippen molar-refractivity contribution in [2.75, 3.05) is 6.54 Å². The van der Waals surface area contributed by atoms with Crippen molar-refractivity contribution < 1.29 is 9.53 Å². The Morgan fingerprint density at radius 2 is 1.87 bits per heavy atom. The van der Waals surface area contributed by atoms with E-state index in [1.807, 2.05) is 54.7 Å². The van der Waals surface area contributed by atoms with Crippen molar-refractivity contribution in [3.8, 4) is 5.75 Å². The van der Waals surface area contributed by atoms with E-state index in [2.05, 4.69) is 16.4 Å². The summed E-state index contributed by atoms with van der Waals surface area (Å²) in [5, 5.41) is 4.05. The fourth-order valence-electron chi connectivity index (χ4n) is 3.42. The minimum atomic E-state index is -0.314. The van der Waals surface area contributed by atoms with Crippen LogP contribution in [0.15, 0.2) is 77.9 Å². The van der Waals surface area contributed by atoms with Crippen LogP contribution in [0.3, 0.4) is 0 Å². The molecule has 0 saturated heterocycles. The summed E-state index contributed by atoms with van der Waals surface area (Å²) in [6, 6.07) is 19.0. The number of hydrogen-bond donors (Lipinski definition) is 2.